The number of carbonyl (C=O) groups excluding carboxylic acids is 3. The Labute approximate surface area is 713 Å². The van der Waals surface area contributed by atoms with Gasteiger partial charge in [-0.2, -0.15) is 0 Å². The number of hydrogen-bond acceptors (Lipinski definition) is 32. The predicted molar refractivity (Wildman–Crippen MR) is 436 cm³/mol. The van der Waals surface area contributed by atoms with Gasteiger partial charge in [-0.05, 0) is 41.5 Å². The van der Waals surface area contributed by atoms with E-state index in [0.717, 1.165) is 99.8 Å². The van der Waals surface area contributed by atoms with Crippen LogP contribution in [0.1, 0.15) is 218 Å². The lowest BCUT2D eigenvalue weighted by Gasteiger charge is -2.52. The van der Waals surface area contributed by atoms with Crippen LogP contribution >= 0.6 is 0 Å². The van der Waals surface area contributed by atoms with Crippen molar-refractivity contribution in [3.63, 3.8) is 0 Å². The van der Waals surface area contributed by atoms with Gasteiger partial charge in [0.25, 0.3) is 5.79 Å². The first-order valence-electron chi connectivity index (χ1n) is 44.1. The van der Waals surface area contributed by atoms with E-state index in [0.29, 0.717) is 12.8 Å². The zero-order valence-corrected chi connectivity index (χ0v) is 70.6. The van der Waals surface area contributed by atoms with Crippen LogP contribution in [-0.4, -0.2) is 334 Å². The van der Waals surface area contributed by atoms with Gasteiger partial charge in [-0.3, -0.25) is 9.59 Å². The van der Waals surface area contributed by atoms with E-state index in [9.17, 15) is 106 Å². The molecule has 0 bridgehead atoms. The van der Waals surface area contributed by atoms with Crippen LogP contribution in [0.5, 0.6) is 0 Å². The van der Waals surface area contributed by atoms with Crippen LogP contribution in [0.3, 0.4) is 0 Å². The number of carboxylic acid groups (broad SMARTS) is 1. The molecule has 8 rings (SSSR count). The predicted octanol–water partition coefficient (Wildman–Crippen LogP) is 1.30. The number of hydrogen-bond donors (Lipinski definition) is 21. The van der Waals surface area contributed by atoms with E-state index < -0.39 is 247 Å². The number of benzene rings is 2. The van der Waals surface area contributed by atoms with Crippen molar-refractivity contribution < 1.29 is 158 Å². The largest absolute Gasteiger partial charge is 0.477 e. The molecular weight excluding hydrogens is 1600 g/mol. The fourth-order valence-corrected chi connectivity index (χ4v) is 16.9. The molecule has 36 nitrogen and oxygen atoms in total. The molecule has 36 heteroatoms. The number of aliphatic hydroxyl groups is 16. The number of alkyl carbamates (subject to hydrolysis) is 1. The molecule has 1 aliphatic carbocycles. The Balaban J connectivity index is 1.03. The summed E-state index contributed by atoms with van der Waals surface area (Å²) in [6, 6.07) is 9.44. The molecule has 5 heterocycles. The summed E-state index contributed by atoms with van der Waals surface area (Å²) < 4.78 is 66.4. The van der Waals surface area contributed by atoms with E-state index in [1.807, 2.05) is 48.5 Å². The quantitative estimate of drug-likeness (QED) is 0.0328. The Hall–Kier alpha value is -5.22. The summed E-state index contributed by atoms with van der Waals surface area (Å²) in [6.45, 7) is -0.918. The molecule has 0 spiro atoms. The van der Waals surface area contributed by atoms with Gasteiger partial charge in [0.05, 0.1) is 63.9 Å². The molecule has 3 amide bonds. The number of aliphatic hydroxyl groups excluding tert-OH is 16. The first-order valence-corrected chi connectivity index (χ1v) is 44.1. The van der Waals surface area contributed by atoms with Crippen LogP contribution in [0.25, 0.3) is 11.1 Å². The van der Waals surface area contributed by atoms with Crippen molar-refractivity contribution in [2.75, 3.05) is 46.2 Å². The first-order chi connectivity index (χ1) is 58.7. The zero-order valence-electron chi connectivity index (χ0n) is 70.6. The monoisotopic (exact) mass is 1740 g/mol. The molecule has 2 aromatic rings. The minimum Gasteiger partial charge on any atom is -0.477 e. The summed E-state index contributed by atoms with van der Waals surface area (Å²) >= 11 is 0. The van der Waals surface area contributed by atoms with Crippen LogP contribution in [0.4, 0.5) is 4.79 Å². The van der Waals surface area contributed by atoms with Gasteiger partial charge in [-0.25, -0.2) is 9.59 Å². The highest BCUT2D eigenvalue weighted by Crippen LogP contribution is 2.46. The Morgan fingerprint density at radius 1 is 0.541 bits per heavy atom. The maximum Gasteiger partial charge on any atom is 0.407 e. The average molecular weight is 1740 g/mol. The molecule has 29 atom stereocenters. The lowest BCUT2D eigenvalue weighted by molar-refractivity contribution is -0.403. The SMILES string of the molecule is CCCCCCCCCCCCC/C=C/[C@@H](O)[C@H](CO[C@@H]1O[C@H](CO)[C@@H](O[C@@H]2O[C@H](CO)[C@H](O[C@@H]3O[C@H](CO)[C@H](O)[C@H](O[C@@H]4O[C@H](CO)[C@H](O)[C@H](O)[C@H]4O)[C@H]3NC(C)=O)[C@H](O[C@]3(C(=O)O)C[C@H](O)[C@@H](N)[C@H]([C@H](O)[C@H](O)CO)O3)[C@H]2O)[C@H](O)[C@H]1O)NC(=O)C(CCCCCCCCCCCCCCCC)NC(=O)OCC1c2ccccc2-c2ccccc21. The third kappa shape index (κ3) is 28.4. The minimum atomic E-state index is -3.34. The van der Waals surface area contributed by atoms with Crippen LogP contribution < -0.4 is 21.7 Å². The topological polar surface area (TPSA) is 576 Å². The fourth-order valence-electron chi connectivity index (χ4n) is 16.9. The smallest absolute Gasteiger partial charge is 0.407 e. The zero-order chi connectivity index (χ0) is 88.6. The molecule has 0 radical (unpaired) electrons. The maximum atomic E-state index is 15.0. The number of amides is 3. The van der Waals surface area contributed by atoms with Crippen molar-refractivity contribution in [1.29, 1.82) is 0 Å². The van der Waals surface area contributed by atoms with Crippen molar-refractivity contribution in [2.24, 2.45) is 5.73 Å². The maximum absolute atomic E-state index is 15.0. The van der Waals surface area contributed by atoms with Crippen molar-refractivity contribution in [3.05, 3.63) is 71.8 Å². The van der Waals surface area contributed by atoms with Gasteiger partial charge < -0.3 is 161 Å². The van der Waals surface area contributed by atoms with E-state index in [1.54, 1.807) is 6.08 Å². The summed E-state index contributed by atoms with van der Waals surface area (Å²) in [6.07, 6.45) is -20.5. The Morgan fingerprint density at radius 3 is 1.56 bits per heavy atom. The third-order valence-electron chi connectivity index (χ3n) is 24.0. The first kappa shape index (κ1) is 102. The van der Waals surface area contributed by atoms with Crippen LogP contribution in [0.2, 0.25) is 0 Å². The summed E-state index contributed by atoms with van der Waals surface area (Å²) in [4.78, 5) is 56.0. The number of carboxylic acids is 1. The molecule has 0 saturated carbocycles. The molecule has 1 unspecified atom stereocenters. The van der Waals surface area contributed by atoms with E-state index in [1.165, 1.54) is 89.5 Å². The third-order valence-corrected chi connectivity index (χ3v) is 24.0. The number of aliphatic carboxylic acids is 1. The van der Waals surface area contributed by atoms with Gasteiger partial charge >= 0.3 is 12.1 Å². The van der Waals surface area contributed by atoms with E-state index in [4.69, 9.17) is 57.8 Å². The molecule has 0 aromatic heterocycles. The van der Waals surface area contributed by atoms with Crippen LogP contribution in [0.15, 0.2) is 60.7 Å². The summed E-state index contributed by atoms with van der Waals surface area (Å²) in [5, 5.41) is 198. The van der Waals surface area contributed by atoms with Gasteiger partial charge in [-0.1, -0.05) is 229 Å². The molecule has 122 heavy (non-hydrogen) atoms. The fraction of sp³-hybridized carbons (Fsp3) is 0.791. The highest BCUT2D eigenvalue weighted by molar-refractivity contribution is 5.86. The van der Waals surface area contributed by atoms with Gasteiger partial charge in [0.15, 0.2) is 25.2 Å². The van der Waals surface area contributed by atoms with Gasteiger partial charge in [0, 0.05) is 19.3 Å². The summed E-state index contributed by atoms with van der Waals surface area (Å²) in [5.41, 5.74) is 10.2. The second-order valence-corrected chi connectivity index (χ2v) is 33.3. The highest BCUT2D eigenvalue weighted by Gasteiger charge is 2.62. The number of fused-ring (bicyclic) bond motifs is 3. The standard InChI is InChI=1S/C86H140N4O32/c1-4-6-8-10-12-14-16-18-20-21-23-25-27-29-39-55(90-85(111)113-47-54-52-37-33-31-35-50(52)51-36-32-34-38-53(51)54)79(108)89-56(57(97)40-30-28-26-24-22-19-17-15-13-11-9-7-5-2)48-112-81-72(106)70(104)74(62(45-94)116-81)118-83-73(107)78(122-86(84(109)110)41-58(98)64(87)76(121-86)66(100)59(99)42-91)75(63(46-95)117-83)119-80-65(88-49(3)96)77(68(102)61(44-93)114-80)120-82-71(105)69(103)67(101)60(43-92)115-82/h30-38,40,54-78,80-83,91-95,97-107H,4-29,39,41-48,87H2,1-3H3,(H,88,96)(H,89,108)(H,90,111)(H,109,110)/b40-30+/t55?,56-,57+,58-,59+,60+,61+,62+,63+,64+,65+,66+,67-,68-,69-,70+,71+,72+,73+,74+,75-,76+,77+,78+,80-,81+,82-,83-,86-/m0/s1. The number of allylic oxidation sites excluding steroid dienone is 1. The van der Waals surface area contributed by atoms with Crippen molar-refractivity contribution in [1.82, 2.24) is 16.0 Å². The molecule has 5 aliphatic heterocycles. The molecule has 22 N–H and O–H groups in total. The summed E-state index contributed by atoms with van der Waals surface area (Å²) in [7, 11) is 0. The van der Waals surface area contributed by atoms with Gasteiger partial charge in [0.1, 0.15) is 129 Å². The highest BCUT2D eigenvalue weighted by atomic mass is 16.8. The number of rotatable bonds is 54. The van der Waals surface area contributed by atoms with Gasteiger partial charge in [0.2, 0.25) is 11.8 Å². The van der Waals surface area contributed by atoms with Crippen molar-refractivity contribution in [2.45, 2.75) is 384 Å². The van der Waals surface area contributed by atoms with E-state index in [2.05, 4.69) is 29.8 Å². The second kappa shape index (κ2) is 52.3. The van der Waals surface area contributed by atoms with Crippen LogP contribution in [-0.2, 0) is 66.5 Å². The molecule has 5 fully saturated rings. The van der Waals surface area contributed by atoms with Crippen molar-refractivity contribution >= 4 is 23.9 Å². The summed E-state index contributed by atoms with van der Waals surface area (Å²) in [5.74, 6) is -7.43. The lowest BCUT2D eigenvalue weighted by atomic mass is 9.88. The number of carbonyl (C=O) groups is 4. The number of nitrogens with two attached hydrogens (primary N) is 1. The lowest BCUT2D eigenvalue weighted by Crippen LogP contribution is -2.72. The molecule has 5 saturated heterocycles. The van der Waals surface area contributed by atoms with E-state index in [-0.39, 0.29) is 18.9 Å². The number of unbranched alkanes of at least 4 members (excludes halogenated alkanes) is 24. The van der Waals surface area contributed by atoms with Crippen LogP contribution in [0, 0.1) is 0 Å². The van der Waals surface area contributed by atoms with E-state index >= 15 is 0 Å². The molecule has 2 aromatic carbocycles. The second-order valence-electron chi connectivity index (χ2n) is 33.3. The molecule has 6 aliphatic rings. The molecule has 696 valence electrons. The van der Waals surface area contributed by atoms with Gasteiger partial charge in [-0.15, -0.1) is 0 Å². The Bertz CT molecular complexity index is 3350. The Morgan fingerprint density at radius 2 is 1.02 bits per heavy atom. The normalized spacial score (nSPS) is 32.4. The number of nitrogens with one attached hydrogen (secondary N) is 3. The Kier molecular flexibility index (Phi) is 43.8. The molecular formula is C86H140N4O32. The van der Waals surface area contributed by atoms with Crippen molar-refractivity contribution in [3.8, 4) is 11.1 Å². The minimum absolute atomic E-state index is 0.0546. The average Bonchev–Trinajstić information content (AvgIpc) is 1.06. The number of ether oxygens (including phenoxy) is 11.